The molecule has 0 unspecified atom stereocenters. The minimum Gasteiger partial charge on any atom is -0.316 e. The van der Waals surface area contributed by atoms with E-state index in [0.29, 0.717) is 25.3 Å². The summed E-state index contributed by atoms with van der Waals surface area (Å²) in [4.78, 5) is 0. The van der Waals surface area contributed by atoms with Gasteiger partial charge in [-0.2, -0.15) is 5.10 Å². The molecule has 1 aliphatic heterocycles. The smallest absolute Gasteiger partial charge is 0.119 e. The van der Waals surface area contributed by atoms with Crippen LogP contribution in [0.25, 0.3) is 0 Å². The molecule has 100 valence electrons. The highest BCUT2D eigenvalue weighted by Crippen LogP contribution is 2.30. The van der Waals surface area contributed by atoms with Gasteiger partial charge in [-0.15, -0.1) is 0 Å². The van der Waals surface area contributed by atoms with Gasteiger partial charge in [0.2, 0.25) is 0 Å². The van der Waals surface area contributed by atoms with Crippen LogP contribution in [-0.2, 0) is 6.42 Å². The second kappa shape index (κ2) is 5.00. The summed E-state index contributed by atoms with van der Waals surface area (Å²) < 4.78 is 16.6. The Hall–Kier alpha value is -0.900. The van der Waals surface area contributed by atoms with Crippen molar-refractivity contribution >= 4 is 0 Å². The van der Waals surface area contributed by atoms with Crippen LogP contribution >= 0.6 is 0 Å². The molecule has 2 heterocycles. The van der Waals surface area contributed by atoms with Crippen LogP contribution < -0.4 is 5.32 Å². The number of halogens is 1. The van der Waals surface area contributed by atoms with E-state index in [1.807, 2.05) is 12.3 Å². The third-order valence-corrected chi connectivity index (χ3v) is 4.36. The summed E-state index contributed by atoms with van der Waals surface area (Å²) in [6, 6.07) is 2.56. The summed E-state index contributed by atoms with van der Waals surface area (Å²) in [5.41, 5.74) is -0.119. The van der Waals surface area contributed by atoms with Crippen LogP contribution in [0.5, 0.6) is 0 Å². The van der Waals surface area contributed by atoms with Crippen molar-refractivity contribution in [2.24, 2.45) is 0 Å². The Bertz CT molecular complexity index is 389. The van der Waals surface area contributed by atoms with Gasteiger partial charge in [-0.05, 0) is 44.8 Å². The maximum absolute atomic E-state index is 14.6. The zero-order valence-corrected chi connectivity index (χ0v) is 10.9. The minimum absolute atomic E-state index is 0.481. The van der Waals surface area contributed by atoms with Crippen molar-refractivity contribution in [3.8, 4) is 0 Å². The van der Waals surface area contributed by atoms with E-state index >= 15 is 0 Å². The van der Waals surface area contributed by atoms with Gasteiger partial charge >= 0.3 is 0 Å². The Morgan fingerprint density at radius 2 is 2.06 bits per heavy atom. The van der Waals surface area contributed by atoms with E-state index < -0.39 is 5.67 Å². The molecule has 2 aliphatic rings. The van der Waals surface area contributed by atoms with Crippen LogP contribution in [0.15, 0.2) is 12.3 Å². The van der Waals surface area contributed by atoms with Crippen molar-refractivity contribution < 1.29 is 4.39 Å². The number of rotatable bonds is 3. The molecule has 0 aromatic carbocycles. The molecule has 0 atom stereocenters. The lowest BCUT2D eigenvalue weighted by Crippen LogP contribution is -2.40. The first-order valence-corrected chi connectivity index (χ1v) is 7.19. The normalized spacial score (nSPS) is 24.5. The molecule has 0 bridgehead atoms. The quantitative estimate of drug-likeness (QED) is 0.895. The van der Waals surface area contributed by atoms with E-state index in [1.165, 1.54) is 25.7 Å². The predicted molar refractivity (Wildman–Crippen MR) is 69.4 cm³/mol. The zero-order chi connectivity index (χ0) is 12.4. The first kappa shape index (κ1) is 12.2. The Balaban J connectivity index is 1.65. The minimum atomic E-state index is -1.04. The van der Waals surface area contributed by atoms with Crippen LogP contribution in [0.2, 0.25) is 0 Å². The molecule has 2 fully saturated rings. The molecule has 3 rings (SSSR count). The number of hydrogen-bond donors (Lipinski definition) is 1. The average molecular weight is 251 g/mol. The van der Waals surface area contributed by atoms with Crippen LogP contribution in [0.3, 0.4) is 0 Å². The molecular formula is C14H22FN3. The van der Waals surface area contributed by atoms with Crippen LogP contribution in [-0.4, -0.2) is 28.5 Å². The molecule has 1 aliphatic carbocycles. The van der Waals surface area contributed by atoms with Crippen LogP contribution in [0.4, 0.5) is 4.39 Å². The number of hydrogen-bond acceptors (Lipinski definition) is 2. The second-order valence-electron chi connectivity index (χ2n) is 5.80. The topological polar surface area (TPSA) is 29.9 Å². The summed E-state index contributed by atoms with van der Waals surface area (Å²) in [5, 5.41) is 7.80. The molecule has 0 spiro atoms. The van der Waals surface area contributed by atoms with Crippen molar-refractivity contribution in [1.29, 1.82) is 0 Å². The zero-order valence-electron chi connectivity index (χ0n) is 10.9. The number of nitrogens with zero attached hydrogens (tertiary/aromatic N) is 2. The lowest BCUT2D eigenvalue weighted by molar-refractivity contribution is 0.114. The first-order chi connectivity index (χ1) is 8.75. The number of piperidine rings is 1. The molecule has 3 nitrogen and oxygen atoms in total. The van der Waals surface area contributed by atoms with Crippen LogP contribution in [0, 0.1) is 0 Å². The van der Waals surface area contributed by atoms with E-state index in [4.69, 9.17) is 0 Å². The number of alkyl halides is 1. The molecule has 1 aromatic rings. The van der Waals surface area contributed by atoms with Gasteiger partial charge in [0.1, 0.15) is 5.67 Å². The maximum Gasteiger partial charge on any atom is 0.119 e. The van der Waals surface area contributed by atoms with Gasteiger partial charge < -0.3 is 5.32 Å². The Kier molecular flexibility index (Phi) is 3.37. The fraction of sp³-hybridized carbons (Fsp3) is 0.786. The van der Waals surface area contributed by atoms with Gasteiger partial charge in [0.25, 0.3) is 0 Å². The van der Waals surface area contributed by atoms with E-state index in [2.05, 4.69) is 15.1 Å². The predicted octanol–water partition coefficient (Wildman–Crippen LogP) is 2.63. The molecule has 1 saturated carbocycles. The first-order valence-electron chi connectivity index (χ1n) is 7.19. The summed E-state index contributed by atoms with van der Waals surface area (Å²) in [5.74, 6) is 0. The highest BCUT2D eigenvalue weighted by Gasteiger charge is 2.32. The van der Waals surface area contributed by atoms with E-state index in [0.717, 1.165) is 18.8 Å². The molecule has 0 amide bonds. The van der Waals surface area contributed by atoms with Crippen molar-refractivity contribution in [3.63, 3.8) is 0 Å². The Morgan fingerprint density at radius 1 is 1.33 bits per heavy atom. The van der Waals surface area contributed by atoms with Gasteiger partial charge in [-0.25, -0.2) is 4.39 Å². The third kappa shape index (κ3) is 2.58. The third-order valence-electron chi connectivity index (χ3n) is 4.36. The van der Waals surface area contributed by atoms with E-state index in [-0.39, 0.29) is 0 Å². The van der Waals surface area contributed by atoms with Crippen molar-refractivity contribution in [2.75, 3.05) is 13.1 Å². The Labute approximate surface area is 108 Å². The molecule has 18 heavy (non-hydrogen) atoms. The fourth-order valence-corrected chi connectivity index (χ4v) is 3.22. The van der Waals surface area contributed by atoms with E-state index in [9.17, 15) is 4.39 Å². The van der Waals surface area contributed by atoms with Crippen LogP contribution in [0.1, 0.15) is 50.3 Å². The van der Waals surface area contributed by atoms with Gasteiger partial charge in [0.05, 0.1) is 11.7 Å². The van der Waals surface area contributed by atoms with Gasteiger partial charge in [-0.1, -0.05) is 12.8 Å². The highest BCUT2D eigenvalue weighted by atomic mass is 19.1. The maximum atomic E-state index is 14.6. The molecule has 0 radical (unpaired) electrons. The SMILES string of the molecule is FC1(Cc2ccn(C3CCCC3)n2)CCNCC1. The summed E-state index contributed by atoms with van der Waals surface area (Å²) in [6.45, 7) is 1.58. The monoisotopic (exact) mass is 251 g/mol. The lowest BCUT2D eigenvalue weighted by atomic mass is 9.90. The molecular weight excluding hydrogens is 229 g/mol. The summed E-state index contributed by atoms with van der Waals surface area (Å²) >= 11 is 0. The Morgan fingerprint density at radius 3 is 2.78 bits per heavy atom. The van der Waals surface area contributed by atoms with Gasteiger partial charge in [-0.3, -0.25) is 4.68 Å². The van der Waals surface area contributed by atoms with Crippen molar-refractivity contribution in [1.82, 2.24) is 15.1 Å². The second-order valence-corrected chi connectivity index (χ2v) is 5.80. The summed E-state index contributed by atoms with van der Waals surface area (Å²) in [6.07, 6.45) is 8.81. The highest BCUT2D eigenvalue weighted by molar-refractivity contribution is 5.06. The standard InChI is InChI=1S/C14H22FN3/c15-14(6-8-16-9-7-14)11-12-5-10-18(17-12)13-3-1-2-4-13/h5,10,13,16H,1-4,6-9,11H2. The summed E-state index contributed by atoms with van der Waals surface area (Å²) in [7, 11) is 0. The average Bonchev–Trinajstić information content (AvgIpc) is 2.99. The fourth-order valence-electron chi connectivity index (χ4n) is 3.22. The van der Waals surface area contributed by atoms with Gasteiger partial charge in [0.15, 0.2) is 0 Å². The number of aromatic nitrogens is 2. The molecule has 1 N–H and O–H groups in total. The molecule has 1 saturated heterocycles. The largest absolute Gasteiger partial charge is 0.316 e. The van der Waals surface area contributed by atoms with E-state index in [1.54, 1.807) is 0 Å². The van der Waals surface area contributed by atoms with Crippen molar-refractivity contribution in [3.05, 3.63) is 18.0 Å². The number of nitrogens with one attached hydrogen (secondary N) is 1. The van der Waals surface area contributed by atoms with Gasteiger partial charge in [0, 0.05) is 12.6 Å². The lowest BCUT2D eigenvalue weighted by Gasteiger charge is -2.29. The molecule has 4 heteroatoms. The van der Waals surface area contributed by atoms with Crippen molar-refractivity contribution in [2.45, 2.75) is 56.7 Å². The molecule has 1 aromatic heterocycles.